The summed E-state index contributed by atoms with van der Waals surface area (Å²) in [5.41, 5.74) is 0.799. The molecule has 3 saturated carbocycles. The molecule has 1 spiro atoms. The smallest absolute Gasteiger partial charge is 0.0571 e. The third kappa shape index (κ3) is 1.16. The molecule has 0 unspecified atom stereocenters. The number of hydrogen-bond acceptors (Lipinski definition) is 1. The van der Waals surface area contributed by atoms with E-state index < -0.39 is 0 Å². The van der Waals surface area contributed by atoms with Crippen LogP contribution in [0.15, 0.2) is 0 Å². The highest BCUT2D eigenvalue weighted by Gasteiger charge is 2.51. The lowest BCUT2D eigenvalue weighted by atomic mass is 9.49. The zero-order valence-electron chi connectivity index (χ0n) is 8.34. The van der Waals surface area contributed by atoms with Crippen molar-refractivity contribution >= 4 is 0 Å². The minimum atomic E-state index is 0.0578. The predicted octanol–water partition coefficient (Wildman–Crippen LogP) is 2.73. The van der Waals surface area contributed by atoms with E-state index in [1.165, 1.54) is 44.9 Å². The molecule has 0 bridgehead atoms. The summed E-state index contributed by atoms with van der Waals surface area (Å²) in [7, 11) is 0. The zero-order chi connectivity index (χ0) is 8.89. The van der Waals surface area contributed by atoms with Gasteiger partial charge < -0.3 is 5.11 Å². The molecule has 2 atom stereocenters. The molecule has 3 fully saturated rings. The first kappa shape index (κ1) is 8.28. The van der Waals surface area contributed by atoms with Crippen molar-refractivity contribution in [1.82, 2.24) is 0 Å². The van der Waals surface area contributed by atoms with Gasteiger partial charge in [0.2, 0.25) is 0 Å². The fourth-order valence-electron chi connectivity index (χ4n) is 3.96. The number of aliphatic hydroxyl groups excluding tert-OH is 1. The standard InChI is InChI=1S/C12H20O/c13-11-4-1-3-10(11)9-7-12(8-9)5-2-6-12/h9-11,13H,1-8H2/t10-,11+/m0/s1. The van der Waals surface area contributed by atoms with Crippen molar-refractivity contribution < 1.29 is 5.11 Å². The van der Waals surface area contributed by atoms with Crippen LogP contribution >= 0.6 is 0 Å². The van der Waals surface area contributed by atoms with Gasteiger partial charge in [-0.1, -0.05) is 12.8 Å². The van der Waals surface area contributed by atoms with E-state index in [9.17, 15) is 5.11 Å². The van der Waals surface area contributed by atoms with Gasteiger partial charge in [0.25, 0.3) is 0 Å². The summed E-state index contributed by atoms with van der Waals surface area (Å²) in [6, 6.07) is 0. The Bertz CT molecular complexity index is 199. The van der Waals surface area contributed by atoms with Crippen molar-refractivity contribution in [3.05, 3.63) is 0 Å². The molecule has 74 valence electrons. The molecule has 1 nitrogen and oxygen atoms in total. The Morgan fingerprint density at radius 3 is 2.23 bits per heavy atom. The monoisotopic (exact) mass is 180 g/mol. The van der Waals surface area contributed by atoms with E-state index >= 15 is 0 Å². The quantitative estimate of drug-likeness (QED) is 0.658. The average molecular weight is 180 g/mol. The molecule has 0 aromatic carbocycles. The summed E-state index contributed by atoms with van der Waals surface area (Å²) in [6.45, 7) is 0. The Kier molecular flexibility index (Phi) is 1.74. The van der Waals surface area contributed by atoms with Crippen LogP contribution in [-0.2, 0) is 0 Å². The van der Waals surface area contributed by atoms with Gasteiger partial charge in [0.1, 0.15) is 0 Å². The van der Waals surface area contributed by atoms with Crippen molar-refractivity contribution in [2.24, 2.45) is 17.3 Å². The maximum Gasteiger partial charge on any atom is 0.0571 e. The molecule has 0 saturated heterocycles. The minimum absolute atomic E-state index is 0.0578. The van der Waals surface area contributed by atoms with Crippen molar-refractivity contribution in [3.63, 3.8) is 0 Å². The molecule has 3 aliphatic rings. The molecule has 3 aliphatic carbocycles. The van der Waals surface area contributed by atoms with Gasteiger partial charge in [0.05, 0.1) is 6.10 Å². The molecule has 0 aromatic heterocycles. The minimum Gasteiger partial charge on any atom is -0.393 e. The maximum atomic E-state index is 9.79. The molecule has 0 heterocycles. The molecule has 3 rings (SSSR count). The van der Waals surface area contributed by atoms with Crippen molar-refractivity contribution in [1.29, 1.82) is 0 Å². The first-order valence-electron chi connectivity index (χ1n) is 5.97. The van der Waals surface area contributed by atoms with Crippen molar-refractivity contribution in [2.45, 2.75) is 57.5 Å². The highest BCUT2D eigenvalue weighted by Crippen LogP contribution is 2.61. The largest absolute Gasteiger partial charge is 0.393 e. The Morgan fingerprint density at radius 2 is 1.77 bits per heavy atom. The first-order chi connectivity index (χ1) is 6.29. The van der Waals surface area contributed by atoms with E-state index in [0.717, 1.165) is 17.8 Å². The summed E-state index contributed by atoms with van der Waals surface area (Å²) in [4.78, 5) is 0. The lowest BCUT2D eigenvalue weighted by Crippen LogP contribution is -2.46. The molecular formula is C12H20O. The van der Waals surface area contributed by atoms with Gasteiger partial charge in [-0.3, -0.25) is 0 Å². The molecule has 0 aromatic rings. The summed E-state index contributed by atoms with van der Waals surface area (Å²) in [6.07, 6.45) is 11.1. The van der Waals surface area contributed by atoms with Gasteiger partial charge in [-0.2, -0.15) is 0 Å². The van der Waals surface area contributed by atoms with E-state index in [2.05, 4.69) is 0 Å². The lowest BCUT2D eigenvalue weighted by Gasteiger charge is -2.56. The van der Waals surface area contributed by atoms with Crippen LogP contribution < -0.4 is 0 Å². The molecule has 0 amide bonds. The van der Waals surface area contributed by atoms with E-state index in [-0.39, 0.29) is 6.10 Å². The van der Waals surface area contributed by atoms with Crippen LogP contribution in [-0.4, -0.2) is 11.2 Å². The van der Waals surface area contributed by atoms with E-state index in [0.29, 0.717) is 5.92 Å². The van der Waals surface area contributed by atoms with Crippen LogP contribution in [0.2, 0.25) is 0 Å². The highest BCUT2D eigenvalue weighted by atomic mass is 16.3. The normalized spacial score (nSPS) is 43.2. The molecule has 1 N–H and O–H groups in total. The fourth-order valence-corrected chi connectivity index (χ4v) is 3.96. The second-order valence-electron chi connectivity index (χ2n) is 5.68. The topological polar surface area (TPSA) is 20.2 Å². The highest BCUT2D eigenvalue weighted by molar-refractivity contribution is 5.02. The Balaban J connectivity index is 1.57. The summed E-state index contributed by atoms with van der Waals surface area (Å²) in [5.74, 6) is 1.59. The molecule has 1 heteroatoms. The van der Waals surface area contributed by atoms with Crippen LogP contribution in [0, 0.1) is 17.3 Å². The van der Waals surface area contributed by atoms with Gasteiger partial charge >= 0.3 is 0 Å². The molecule has 0 radical (unpaired) electrons. The van der Waals surface area contributed by atoms with Gasteiger partial charge in [0.15, 0.2) is 0 Å². The second kappa shape index (κ2) is 2.73. The van der Waals surface area contributed by atoms with E-state index in [4.69, 9.17) is 0 Å². The van der Waals surface area contributed by atoms with Crippen LogP contribution in [0.25, 0.3) is 0 Å². The van der Waals surface area contributed by atoms with Crippen LogP contribution in [0.1, 0.15) is 51.4 Å². The van der Waals surface area contributed by atoms with E-state index in [1.807, 2.05) is 0 Å². The van der Waals surface area contributed by atoms with Gasteiger partial charge in [-0.05, 0) is 55.8 Å². The third-order valence-corrected chi connectivity index (χ3v) is 4.94. The zero-order valence-corrected chi connectivity index (χ0v) is 8.34. The number of aliphatic hydroxyl groups is 1. The Hall–Kier alpha value is -0.0400. The lowest BCUT2D eigenvalue weighted by molar-refractivity contribution is -0.0698. The van der Waals surface area contributed by atoms with E-state index in [1.54, 1.807) is 0 Å². The van der Waals surface area contributed by atoms with Crippen LogP contribution in [0.3, 0.4) is 0 Å². The van der Waals surface area contributed by atoms with Gasteiger partial charge in [-0.15, -0.1) is 0 Å². The SMILES string of the molecule is O[C@@H]1CCC[C@H]1C1CC2(CCC2)C1. The maximum absolute atomic E-state index is 9.79. The van der Waals surface area contributed by atoms with Crippen LogP contribution in [0.5, 0.6) is 0 Å². The second-order valence-corrected chi connectivity index (χ2v) is 5.68. The molecule has 0 aliphatic heterocycles. The number of rotatable bonds is 1. The predicted molar refractivity (Wildman–Crippen MR) is 52.4 cm³/mol. The number of hydrogen-bond donors (Lipinski definition) is 1. The molecular weight excluding hydrogens is 160 g/mol. The summed E-state index contributed by atoms with van der Waals surface area (Å²) < 4.78 is 0. The molecule has 13 heavy (non-hydrogen) atoms. The Morgan fingerprint density at radius 1 is 1.00 bits per heavy atom. The Labute approximate surface area is 80.5 Å². The first-order valence-corrected chi connectivity index (χ1v) is 5.97. The third-order valence-electron chi connectivity index (χ3n) is 4.94. The summed E-state index contributed by atoms with van der Waals surface area (Å²) in [5, 5.41) is 9.79. The average Bonchev–Trinajstić information content (AvgIpc) is 2.30. The van der Waals surface area contributed by atoms with Crippen LogP contribution in [0.4, 0.5) is 0 Å². The van der Waals surface area contributed by atoms with Crippen molar-refractivity contribution in [2.75, 3.05) is 0 Å². The van der Waals surface area contributed by atoms with Gasteiger partial charge in [0, 0.05) is 0 Å². The van der Waals surface area contributed by atoms with Gasteiger partial charge in [-0.25, -0.2) is 0 Å². The fraction of sp³-hybridized carbons (Fsp3) is 1.00. The van der Waals surface area contributed by atoms with Crippen molar-refractivity contribution in [3.8, 4) is 0 Å². The summed E-state index contributed by atoms with van der Waals surface area (Å²) >= 11 is 0.